The fraction of sp³-hybridized carbons (Fsp3) is 0.833. The molecule has 0 unspecified atom stereocenters. The lowest BCUT2D eigenvalue weighted by molar-refractivity contribution is -0.129. The van der Waals surface area contributed by atoms with Gasteiger partial charge in [0.1, 0.15) is 0 Å². The number of nitrogens with two attached hydrogens (primary N) is 1. The van der Waals surface area contributed by atoms with Gasteiger partial charge in [-0.25, -0.2) is 0 Å². The van der Waals surface area contributed by atoms with Crippen molar-refractivity contribution < 1.29 is 9.59 Å². The zero-order chi connectivity index (χ0) is 12.7. The van der Waals surface area contributed by atoms with Gasteiger partial charge in [0.2, 0.25) is 11.8 Å². The molecule has 6 heteroatoms. The lowest BCUT2D eigenvalue weighted by atomic mass is 9.95. The predicted octanol–water partition coefficient (Wildman–Crippen LogP) is 0.426. The molecular formula is C12H24ClN3O2. The topological polar surface area (TPSA) is 84.2 Å². The molecule has 1 rings (SSSR count). The van der Waals surface area contributed by atoms with E-state index in [2.05, 4.69) is 10.6 Å². The van der Waals surface area contributed by atoms with Gasteiger partial charge in [-0.2, -0.15) is 0 Å². The van der Waals surface area contributed by atoms with Crippen molar-refractivity contribution >= 4 is 24.2 Å². The number of hydrogen-bond acceptors (Lipinski definition) is 3. The minimum absolute atomic E-state index is 0. The Kier molecular flexibility index (Phi) is 8.75. The number of halogens is 1. The Bertz CT molecular complexity index is 274. The molecule has 4 N–H and O–H groups in total. The second-order valence-electron chi connectivity index (χ2n) is 4.60. The number of rotatable bonds is 6. The van der Waals surface area contributed by atoms with E-state index in [9.17, 15) is 9.59 Å². The van der Waals surface area contributed by atoms with Gasteiger partial charge in [-0.05, 0) is 31.7 Å². The van der Waals surface area contributed by atoms with Gasteiger partial charge in [0.05, 0.1) is 6.54 Å². The molecule has 5 nitrogen and oxygen atoms in total. The van der Waals surface area contributed by atoms with Crippen LogP contribution in [0, 0.1) is 11.8 Å². The maximum atomic E-state index is 11.8. The van der Waals surface area contributed by atoms with E-state index in [1.807, 2.05) is 6.92 Å². The van der Waals surface area contributed by atoms with E-state index in [1.54, 1.807) is 0 Å². The van der Waals surface area contributed by atoms with Crippen LogP contribution in [-0.4, -0.2) is 31.4 Å². The van der Waals surface area contributed by atoms with E-state index in [-0.39, 0.29) is 42.6 Å². The summed E-state index contributed by atoms with van der Waals surface area (Å²) in [5, 5.41) is 5.42. The molecule has 0 spiro atoms. The van der Waals surface area contributed by atoms with Crippen molar-refractivity contribution in [1.29, 1.82) is 0 Å². The minimum atomic E-state index is -0.123. The average molecular weight is 278 g/mol. The molecule has 106 valence electrons. The highest BCUT2D eigenvalue weighted by Crippen LogP contribution is 2.30. The highest BCUT2D eigenvalue weighted by molar-refractivity contribution is 5.86. The Morgan fingerprint density at radius 1 is 1.28 bits per heavy atom. The van der Waals surface area contributed by atoms with E-state index in [0.29, 0.717) is 13.1 Å². The Balaban J connectivity index is 0.00000289. The first-order chi connectivity index (χ1) is 8.19. The van der Waals surface area contributed by atoms with Crippen LogP contribution in [0.5, 0.6) is 0 Å². The lowest BCUT2D eigenvalue weighted by Gasteiger charge is -2.17. The third-order valence-corrected chi connectivity index (χ3v) is 3.29. The van der Waals surface area contributed by atoms with Crippen molar-refractivity contribution in [2.24, 2.45) is 17.6 Å². The SMILES string of the molecule is CCCNC(=O)CNC(=O)[C@@H]1CCC[C@@H]1CN.Cl. The third-order valence-electron chi connectivity index (χ3n) is 3.29. The third kappa shape index (κ3) is 5.23. The number of carbonyl (C=O) groups is 2. The predicted molar refractivity (Wildman–Crippen MR) is 73.4 cm³/mol. The van der Waals surface area contributed by atoms with Crippen molar-refractivity contribution in [2.45, 2.75) is 32.6 Å². The van der Waals surface area contributed by atoms with Crippen LogP contribution in [-0.2, 0) is 9.59 Å². The first-order valence-corrected chi connectivity index (χ1v) is 6.43. The van der Waals surface area contributed by atoms with Crippen LogP contribution in [0.15, 0.2) is 0 Å². The largest absolute Gasteiger partial charge is 0.355 e. The first-order valence-electron chi connectivity index (χ1n) is 6.43. The quantitative estimate of drug-likeness (QED) is 0.658. The average Bonchev–Trinajstić information content (AvgIpc) is 2.81. The molecule has 18 heavy (non-hydrogen) atoms. The van der Waals surface area contributed by atoms with E-state index in [4.69, 9.17) is 5.73 Å². The van der Waals surface area contributed by atoms with Crippen molar-refractivity contribution in [1.82, 2.24) is 10.6 Å². The monoisotopic (exact) mass is 277 g/mol. The molecule has 1 aliphatic rings. The van der Waals surface area contributed by atoms with Crippen molar-refractivity contribution in [3.05, 3.63) is 0 Å². The molecular weight excluding hydrogens is 254 g/mol. The lowest BCUT2D eigenvalue weighted by Crippen LogP contribution is -2.41. The summed E-state index contributed by atoms with van der Waals surface area (Å²) in [6, 6.07) is 0. The maximum Gasteiger partial charge on any atom is 0.239 e. The van der Waals surface area contributed by atoms with E-state index < -0.39 is 0 Å². The molecule has 1 aliphatic carbocycles. The van der Waals surface area contributed by atoms with Gasteiger partial charge < -0.3 is 16.4 Å². The van der Waals surface area contributed by atoms with Gasteiger partial charge in [0.15, 0.2) is 0 Å². The molecule has 2 amide bonds. The molecule has 1 fully saturated rings. The maximum absolute atomic E-state index is 11.8. The standard InChI is InChI=1S/C12H23N3O2.ClH/c1-2-6-14-11(16)8-15-12(17)10-5-3-4-9(10)7-13;/h9-10H,2-8,13H2,1H3,(H,14,16)(H,15,17);1H/t9-,10-;/m1./s1. The summed E-state index contributed by atoms with van der Waals surface area (Å²) in [5.41, 5.74) is 5.62. The van der Waals surface area contributed by atoms with Crippen LogP contribution in [0.2, 0.25) is 0 Å². The van der Waals surface area contributed by atoms with Gasteiger partial charge in [-0.1, -0.05) is 13.3 Å². The molecule has 0 aliphatic heterocycles. The Morgan fingerprint density at radius 3 is 2.61 bits per heavy atom. The number of nitrogens with one attached hydrogen (secondary N) is 2. The molecule has 2 atom stereocenters. The summed E-state index contributed by atoms with van der Waals surface area (Å²) in [6.45, 7) is 3.28. The molecule has 1 saturated carbocycles. The second-order valence-corrected chi connectivity index (χ2v) is 4.60. The number of hydrogen-bond donors (Lipinski definition) is 3. The number of carbonyl (C=O) groups excluding carboxylic acids is 2. The highest BCUT2D eigenvalue weighted by Gasteiger charge is 2.31. The van der Waals surface area contributed by atoms with Crippen molar-refractivity contribution in [2.75, 3.05) is 19.6 Å². The molecule has 0 radical (unpaired) electrons. The summed E-state index contributed by atoms with van der Waals surface area (Å²) in [7, 11) is 0. The minimum Gasteiger partial charge on any atom is -0.355 e. The molecule has 0 heterocycles. The van der Waals surface area contributed by atoms with Gasteiger partial charge >= 0.3 is 0 Å². The first kappa shape index (κ1) is 17.2. The molecule has 0 aromatic rings. The smallest absolute Gasteiger partial charge is 0.239 e. The van der Waals surface area contributed by atoms with Gasteiger partial charge in [-0.3, -0.25) is 9.59 Å². The fourth-order valence-electron chi connectivity index (χ4n) is 2.29. The second kappa shape index (κ2) is 9.16. The summed E-state index contributed by atoms with van der Waals surface area (Å²) in [5.74, 6) is 0.139. The van der Waals surface area contributed by atoms with Crippen LogP contribution in [0.1, 0.15) is 32.6 Å². The summed E-state index contributed by atoms with van der Waals surface area (Å²) < 4.78 is 0. The van der Waals surface area contributed by atoms with Crippen molar-refractivity contribution in [3.8, 4) is 0 Å². The van der Waals surface area contributed by atoms with Gasteiger partial charge in [-0.15, -0.1) is 12.4 Å². The van der Waals surface area contributed by atoms with Gasteiger partial charge in [0.25, 0.3) is 0 Å². The van der Waals surface area contributed by atoms with E-state index >= 15 is 0 Å². The van der Waals surface area contributed by atoms with Crippen LogP contribution in [0.4, 0.5) is 0 Å². The highest BCUT2D eigenvalue weighted by atomic mass is 35.5. The van der Waals surface area contributed by atoms with Crippen molar-refractivity contribution in [3.63, 3.8) is 0 Å². The molecule has 0 aromatic heterocycles. The van der Waals surface area contributed by atoms with Crippen LogP contribution >= 0.6 is 12.4 Å². The van der Waals surface area contributed by atoms with Crippen LogP contribution < -0.4 is 16.4 Å². The summed E-state index contributed by atoms with van der Waals surface area (Å²) in [6.07, 6.45) is 3.88. The zero-order valence-electron chi connectivity index (χ0n) is 10.9. The molecule has 0 saturated heterocycles. The fourth-order valence-corrected chi connectivity index (χ4v) is 2.29. The Labute approximate surface area is 115 Å². The van der Waals surface area contributed by atoms with E-state index in [0.717, 1.165) is 25.7 Å². The van der Waals surface area contributed by atoms with E-state index in [1.165, 1.54) is 0 Å². The zero-order valence-corrected chi connectivity index (χ0v) is 11.7. The van der Waals surface area contributed by atoms with Crippen LogP contribution in [0.25, 0.3) is 0 Å². The molecule has 0 bridgehead atoms. The summed E-state index contributed by atoms with van der Waals surface area (Å²) in [4.78, 5) is 23.2. The molecule has 0 aromatic carbocycles. The number of amides is 2. The van der Waals surface area contributed by atoms with Crippen LogP contribution in [0.3, 0.4) is 0 Å². The Hall–Kier alpha value is -0.810. The normalized spacial score (nSPS) is 22.1. The summed E-state index contributed by atoms with van der Waals surface area (Å²) >= 11 is 0. The van der Waals surface area contributed by atoms with Gasteiger partial charge in [0, 0.05) is 12.5 Å². The Morgan fingerprint density at radius 2 is 2.00 bits per heavy atom.